The predicted molar refractivity (Wildman–Crippen MR) is 141 cm³/mol. The minimum Gasteiger partial charge on any atom is -0.395 e. The van der Waals surface area contributed by atoms with Crippen LogP contribution in [-0.2, 0) is 9.53 Å². The fraction of sp³-hybridized carbons (Fsp3) is 0.500. The molecule has 1 amide bonds. The average Bonchev–Trinajstić information content (AvgIpc) is 3.46. The molecule has 3 fully saturated rings. The number of amides is 1. The zero-order valence-corrected chi connectivity index (χ0v) is 21.3. The number of rotatable bonds is 6. The van der Waals surface area contributed by atoms with Gasteiger partial charge in [0.25, 0.3) is 11.5 Å². The molecular formula is C24H29N5O4S2. The van der Waals surface area contributed by atoms with E-state index >= 15 is 0 Å². The minimum atomic E-state index is -0.212. The number of carbonyl (C=O) groups excluding carboxylic acids is 1. The van der Waals surface area contributed by atoms with Crippen LogP contribution in [0.25, 0.3) is 11.7 Å². The number of fused-ring (bicyclic) bond motifs is 1. The summed E-state index contributed by atoms with van der Waals surface area (Å²) < 4.78 is 7.72. The summed E-state index contributed by atoms with van der Waals surface area (Å²) >= 11 is 6.73. The van der Waals surface area contributed by atoms with E-state index in [4.69, 9.17) is 21.9 Å². The largest absolute Gasteiger partial charge is 0.395 e. The molecule has 3 saturated heterocycles. The Morgan fingerprint density at radius 2 is 2.09 bits per heavy atom. The highest BCUT2D eigenvalue weighted by molar-refractivity contribution is 8.26. The average molecular weight is 516 g/mol. The van der Waals surface area contributed by atoms with Crippen molar-refractivity contribution in [3.63, 3.8) is 0 Å². The van der Waals surface area contributed by atoms with Crippen LogP contribution >= 0.6 is 24.0 Å². The summed E-state index contributed by atoms with van der Waals surface area (Å²) in [6.45, 7) is 6.70. The summed E-state index contributed by atoms with van der Waals surface area (Å²) in [5.74, 6) is 0.389. The van der Waals surface area contributed by atoms with Gasteiger partial charge in [-0.1, -0.05) is 30.0 Å². The summed E-state index contributed by atoms with van der Waals surface area (Å²) in [5, 5.41) is 9.27. The Morgan fingerprint density at radius 1 is 1.29 bits per heavy atom. The van der Waals surface area contributed by atoms with E-state index in [1.165, 1.54) is 11.8 Å². The van der Waals surface area contributed by atoms with Crippen molar-refractivity contribution in [3.05, 3.63) is 44.7 Å². The van der Waals surface area contributed by atoms with Gasteiger partial charge in [-0.05, 0) is 37.5 Å². The lowest BCUT2D eigenvalue weighted by atomic mass is 10.2. The molecule has 1 atom stereocenters. The number of aromatic nitrogens is 2. The smallest absolute Gasteiger partial charge is 0.267 e. The van der Waals surface area contributed by atoms with E-state index in [1.807, 2.05) is 19.1 Å². The highest BCUT2D eigenvalue weighted by atomic mass is 32.2. The Morgan fingerprint density at radius 3 is 2.80 bits per heavy atom. The Balaban J connectivity index is 1.52. The van der Waals surface area contributed by atoms with Crippen LogP contribution in [0.4, 0.5) is 5.82 Å². The topological polar surface area (TPSA) is 90.6 Å². The number of aliphatic hydroxyl groups is 1. The van der Waals surface area contributed by atoms with Gasteiger partial charge in [-0.15, -0.1) is 0 Å². The van der Waals surface area contributed by atoms with Gasteiger partial charge in [0.2, 0.25) is 0 Å². The van der Waals surface area contributed by atoms with Gasteiger partial charge in [0.15, 0.2) is 0 Å². The molecule has 35 heavy (non-hydrogen) atoms. The molecule has 0 bridgehead atoms. The van der Waals surface area contributed by atoms with Crippen molar-refractivity contribution in [2.24, 2.45) is 0 Å². The fourth-order valence-electron chi connectivity index (χ4n) is 4.77. The highest BCUT2D eigenvalue weighted by Gasteiger charge is 2.35. The lowest BCUT2D eigenvalue weighted by Gasteiger charge is -2.35. The molecule has 2 aromatic heterocycles. The summed E-state index contributed by atoms with van der Waals surface area (Å²) in [7, 11) is 0. The van der Waals surface area contributed by atoms with Crippen LogP contribution in [0.1, 0.15) is 24.0 Å². The summed E-state index contributed by atoms with van der Waals surface area (Å²) in [6.07, 6.45) is 5.27. The summed E-state index contributed by atoms with van der Waals surface area (Å²) in [6, 6.07) is 3.75. The molecule has 1 N–H and O–H groups in total. The van der Waals surface area contributed by atoms with Crippen molar-refractivity contribution in [2.75, 3.05) is 57.4 Å². The van der Waals surface area contributed by atoms with Crippen molar-refractivity contribution in [3.8, 4) is 0 Å². The van der Waals surface area contributed by atoms with Gasteiger partial charge in [-0.2, -0.15) is 0 Å². The molecule has 0 aromatic carbocycles. The third-order valence-electron chi connectivity index (χ3n) is 6.71. The molecule has 0 saturated carbocycles. The molecule has 3 aliphatic rings. The molecule has 5 rings (SSSR count). The van der Waals surface area contributed by atoms with Crippen LogP contribution in [0.5, 0.6) is 0 Å². The highest BCUT2D eigenvalue weighted by Crippen LogP contribution is 2.34. The number of hydrogen-bond acceptors (Lipinski definition) is 9. The second-order valence-electron chi connectivity index (χ2n) is 9.02. The van der Waals surface area contributed by atoms with E-state index < -0.39 is 0 Å². The first-order valence-corrected chi connectivity index (χ1v) is 13.2. The third-order valence-corrected chi connectivity index (χ3v) is 8.09. The van der Waals surface area contributed by atoms with Gasteiger partial charge < -0.3 is 14.7 Å². The van der Waals surface area contributed by atoms with Crippen LogP contribution in [0.3, 0.4) is 0 Å². The normalized spacial score (nSPS) is 22.8. The number of nitrogens with zero attached hydrogens (tertiary/aromatic N) is 5. The molecule has 0 radical (unpaired) electrons. The lowest BCUT2D eigenvalue weighted by molar-refractivity contribution is -0.123. The zero-order valence-electron chi connectivity index (χ0n) is 19.7. The second-order valence-corrected chi connectivity index (χ2v) is 10.7. The van der Waals surface area contributed by atoms with E-state index in [-0.39, 0.29) is 24.2 Å². The SMILES string of the molecule is Cc1cccn2c(=O)c(/C=C3\SC(=S)N(CC4CCCO4)C3=O)c(N3CCN(CCO)CC3)nc12. The van der Waals surface area contributed by atoms with Gasteiger partial charge in [0.1, 0.15) is 15.8 Å². The van der Waals surface area contributed by atoms with Crippen molar-refractivity contribution in [2.45, 2.75) is 25.9 Å². The van der Waals surface area contributed by atoms with Gasteiger partial charge in [-0.3, -0.25) is 23.8 Å². The maximum absolute atomic E-state index is 13.7. The van der Waals surface area contributed by atoms with E-state index in [2.05, 4.69) is 9.80 Å². The number of anilines is 1. The van der Waals surface area contributed by atoms with Crippen LogP contribution < -0.4 is 10.5 Å². The van der Waals surface area contributed by atoms with Gasteiger partial charge >= 0.3 is 0 Å². The lowest BCUT2D eigenvalue weighted by Crippen LogP contribution is -2.48. The number of thiocarbonyl (C=S) groups is 1. The van der Waals surface area contributed by atoms with E-state index in [9.17, 15) is 14.7 Å². The number of hydrogen-bond donors (Lipinski definition) is 1. The molecule has 9 nitrogen and oxygen atoms in total. The van der Waals surface area contributed by atoms with Crippen LogP contribution in [0, 0.1) is 6.92 Å². The fourth-order valence-corrected chi connectivity index (χ4v) is 6.03. The number of thioether (sulfide) groups is 1. The van der Waals surface area contributed by atoms with Crippen molar-refractivity contribution >= 4 is 51.7 Å². The maximum Gasteiger partial charge on any atom is 0.267 e. The van der Waals surface area contributed by atoms with E-state index in [1.54, 1.807) is 21.6 Å². The summed E-state index contributed by atoms with van der Waals surface area (Å²) in [5.41, 5.74) is 1.68. The Bertz CT molecular complexity index is 1230. The first kappa shape index (κ1) is 24.4. The molecule has 2 aromatic rings. The zero-order chi connectivity index (χ0) is 24.5. The molecule has 3 aliphatic heterocycles. The van der Waals surface area contributed by atoms with Gasteiger partial charge in [0, 0.05) is 45.5 Å². The van der Waals surface area contributed by atoms with Gasteiger partial charge in [0.05, 0.1) is 29.7 Å². The van der Waals surface area contributed by atoms with E-state index in [0.29, 0.717) is 59.0 Å². The molecule has 1 unspecified atom stereocenters. The molecule has 0 spiro atoms. The molecular weight excluding hydrogens is 486 g/mol. The van der Waals surface area contributed by atoms with Gasteiger partial charge in [-0.25, -0.2) is 4.98 Å². The van der Waals surface area contributed by atoms with Crippen molar-refractivity contribution in [1.82, 2.24) is 19.2 Å². The Hall–Kier alpha value is -2.31. The number of carbonyl (C=O) groups is 1. The monoisotopic (exact) mass is 515 g/mol. The maximum atomic E-state index is 13.7. The number of piperazine rings is 1. The molecule has 11 heteroatoms. The van der Waals surface area contributed by atoms with Crippen molar-refractivity contribution in [1.29, 1.82) is 0 Å². The molecule has 5 heterocycles. The Kier molecular flexibility index (Phi) is 7.21. The number of aryl methyl sites for hydroxylation is 1. The Labute approximate surface area is 213 Å². The number of aliphatic hydroxyl groups excluding tert-OH is 1. The minimum absolute atomic E-state index is 0.00133. The first-order chi connectivity index (χ1) is 17.0. The second kappa shape index (κ2) is 10.4. The summed E-state index contributed by atoms with van der Waals surface area (Å²) in [4.78, 5) is 38.1. The number of β-amino-alcohol motifs (C(OH)–C–C–N with tert-alkyl or cyclic N) is 1. The van der Waals surface area contributed by atoms with Crippen LogP contribution in [-0.4, -0.2) is 93.1 Å². The third kappa shape index (κ3) is 4.88. The van der Waals surface area contributed by atoms with Crippen LogP contribution in [0.2, 0.25) is 0 Å². The molecule has 0 aliphatic carbocycles. The standard InChI is InChI=1S/C24H29N5O4S2/c1-16-4-2-6-28-20(16)25-21(27-9-7-26(8-10-27)11-12-30)18(22(28)31)14-19-23(32)29(24(34)35-19)15-17-5-3-13-33-17/h2,4,6,14,17,30H,3,5,7-13,15H2,1H3/b19-14-. The first-order valence-electron chi connectivity index (χ1n) is 11.9. The number of ether oxygens (including phenoxy) is 1. The van der Waals surface area contributed by atoms with Crippen LogP contribution in [0.15, 0.2) is 28.0 Å². The van der Waals surface area contributed by atoms with Crippen molar-refractivity contribution < 1.29 is 14.6 Å². The number of pyridine rings is 1. The van der Waals surface area contributed by atoms with E-state index in [0.717, 1.165) is 31.5 Å². The predicted octanol–water partition coefficient (Wildman–Crippen LogP) is 1.50. The molecule has 186 valence electrons. The quantitative estimate of drug-likeness (QED) is 0.454.